The van der Waals surface area contributed by atoms with Crippen LogP contribution in [0.3, 0.4) is 0 Å². The molecule has 1 aliphatic rings. The first-order chi connectivity index (χ1) is 12.8. The Morgan fingerprint density at radius 1 is 1.22 bits per heavy atom. The van der Waals surface area contributed by atoms with Gasteiger partial charge in [0.05, 0.1) is 4.90 Å². The molecule has 27 heavy (non-hydrogen) atoms. The van der Waals surface area contributed by atoms with Gasteiger partial charge in [-0.3, -0.25) is 9.59 Å². The molecular formula is C17H19N5O4S. The van der Waals surface area contributed by atoms with Gasteiger partial charge in [-0.25, -0.2) is 23.1 Å². The molecule has 1 aromatic heterocycles. The Labute approximate surface area is 156 Å². The van der Waals surface area contributed by atoms with Crippen molar-refractivity contribution in [2.24, 2.45) is 5.92 Å². The first-order valence-electron chi connectivity index (χ1n) is 8.36. The van der Waals surface area contributed by atoms with Crippen molar-refractivity contribution >= 4 is 33.5 Å². The predicted octanol–water partition coefficient (Wildman–Crippen LogP) is 1.05. The van der Waals surface area contributed by atoms with E-state index in [1.807, 2.05) is 0 Å². The van der Waals surface area contributed by atoms with Crippen molar-refractivity contribution in [3.8, 4) is 0 Å². The van der Waals surface area contributed by atoms with Crippen molar-refractivity contribution in [1.29, 1.82) is 0 Å². The molecular weight excluding hydrogens is 370 g/mol. The minimum atomic E-state index is -3.86. The monoisotopic (exact) mass is 389 g/mol. The van der Waals surface area contributed by atoms with Gasteiger partial charge in [-0.2, -0.15) is 0 Å². The lowest BCUT2D eigenvalue weighted by Crippen LogP contribution is -2.42. The highest BCUT2D eigenvalue weighted by Crippen LogP contribution is 2.19. The van der Waals surface area contributed by atoms with E-state index in [9.17, 15) is 18.0 Å². The zero-order valence-electron chi connectivity index (χ0n) is 14.6. The highest BCUT2D eigenvalue weighted by molar-refractivity contribution is 7.92. The van der Waals surface area contributed by atoms with Gasteiger partial charge in [-0.1, -0.05) is 0 Å². The average Bonchev–Trinajstić information content (AvgIpc) is 2.62. The third kappa shape index (κ3) is 4.59. The number of rotatable bonds is 5. The molecule has 2 heterocycles. The maximum absolute atomic E-state index is 12.4. The van der Waals surface area contributed by atoms with Crippen LogP contribution in [0.1, 0.15) is 18.5 Å². The number of nitrogens with zero attached hydrogens (tertiary/aromatic N) is 2. The molecule has 0 bridgehead atoms. The molecule has 3 N–H and O–H groups in total. The second-order valence-electron chi connectivity index (χ2n) is 6.13. The zero-order valence-corrected chi connectivity index (χ0v) is 15.4. The molecule has 10 heteroatoms. The van der Waals surface area contributed by atoms with Gasteiger partial charge in [0.2, 0.25) is 17.8 Å². The van der Waals surface area contributed by atoms with Gasteiger partial charge in [0.25, 0.3) is 10.0 Å². The number of anilines is 2. The molecule has 1 atom stereocenters. The van der Waals surface area contributed by atoms with Crippen molar-refractivity contribution in [3.63, 3.8) is 0 Å². The van der Waals surface area contributed by atoms with E-state index in [-0.39, 0.29) is 16.8 Å². The number of benzene rings is 1. The Kier molecular flexibility index (Phi) is 5.36. The molecule has 0 aliphatic carbocycles. The van der Waals surface area contributed by atoms with E-state index in [2.05, 4.69) is 25.3 Å². The molecule has 9 nitrogen and oxygen atoms in total. The number of hydrogen-bond donors (Lipinski definition) is 3. The summed E-state index contributed by atoms with van der Waals surface area (Å²) in [4.78, 5) is 31.8. The van der Waals surface area contributed by atoms with E-state index in [0.717, 1.165) is 6.42 Å². The van der Waals surface area contributed by atoms with E-state index in [1.165, 1.54) is 30.5 Å². The lowest BCUT2D eigenvalue weighted by Gasteiger charge is -2.21. The van der Waals surface area contributed by atoms with E-state index in [0.29, 0.717) is 24.3 Å². The predicted molar refractivity (Wildman–Crippen MR) is 98.4 cm³/mol. The van der Waals surface area contributed by atoms with Crippen LogP contribution in [0.15, 0.2) is 41.4 Å². The maximum Gasteiger partial charge on any atom is 0.264 e. The van der Waals surface area contributed by atoms with Gasteiger partial charge in [0.15, 0.2) is 0 Å². The standard InChI is InChI=1S/C17H19N5O4S/c1-11-8-10-19-17(20-11)22-27(25,26)13-6-4-12(5-7-13)21-16(24)14-3-2-9-18-15(14)23/h4-8,10,14H,2-3,9H2,1H3,(H,18,23)(H,21,24)(H,19,20,22)/t14-/m0/s1. The summed E-state index contributed by atoms with van der Waals surface area (Å²) in [6, 6.07) is 7.29. The summed E-state index contributed by atoms with van der Waals surface area (Å²) in [6.45, 7) is 2.30. The second-order valence-corrected chi connectivity index (χ2v) is 7.81. The third-order valence-corrected chi connectivity index (χ3v) is 5.40. The first-order valence-corrected chi connectivity index (χ1v) is 9.84. The van der Waals surface area contributed by atoms with Gasteiger partial charge < -0.3 is 10.6 Å². The fourth-order valence-corrected chi connectivity index (χ4v) is 3.60. The average molecular weight is 389 g/mol. The van der Waals surface area contributed by atoms with Crippen molar-refractivity contribution in [3.05, 3.63) is 42.2 Å². The fraction of sp³-hybridized carbons (Fsp3) is 0.294. The molecule has 3 rings (SSSR count). The molecule has 2 aromatic rings. The molecule has 1 aliphatic heterocycles. The minimum Gasteiger partial charge on any atom is -0.355 e. The van der Waals surface area contributed by atoms with Crippen molar-refractivity contribution in [2.45, 2.75) is 24.7 Å². The summed E-state index contributed by atoms with van der Waals surface area (Å²) in [5.74, 6) is -1.45. The molecule has 0 radical (unpaired) electrons. The second kappa shape index (κ2) is 7.70. The quantitative estimate of drug-likeness (QED) is 0.655. The van der Waals surface area contributed by atoms with Crippen molar-refractivity contribution < 1.29 is 18.0 Å². The highest BCUT2D eigenvalue weighted by atomic mass is 32.2. The van der Waals surface area contributed by atoms with Gasteiger partial charge in [-0.15, -0.1) is 0 Å². The highest BCUT2D eigenvalue weighted by Gasteiger charge is 2.29. The normalized spacial score (nSPS) is 17.1. The smallest absolute Gasteiger partial charge is 0.264 e. The summed E-state index contributed by atoms with van der Waals surface area (Å²) in [7, 11) is -3.86. The Morgan fingerprint density at radius 2 is 1.96 bits per heavy atom. The number of amides is 2. The SMILES string of the molecule is Cc1ccnc(NS(=O)(=O)c2ccc(NC(=O)[C@H]3CCCNC3=O)cc2)n1. The fourth-order valence-electron chi connectivity index (χ4n) is 2.65. The molecule has 1 saturated heterocycles. The lowest BCUT2D eigenvalue weighted by atomic mass is 9.98. The van der Waals surface area contributed by atoms with Crippen LogP contribution in [0.25, 0.3) is 0 Å². The summed E-state index contributed by atoms with van der Waals surface area (Å²) < 4.78 is 27.1. The Bertz CT molecular complexity index is 960. The molecule has 142 valence electrons. The number of aryl methyl sites for hydroxylation is 1. The summed E-state index contributed by atoms with van der Waals surface area (Å²) in [5, 5.41) is 5.29. The molecule has 0 saturated carbocycles. The number of piperidine rings is 1. The number of aromatic nitrogens is 2. The topological polar surface area (TPSA) is 130 Å². The Hall–Kier alpha value is -3.01. The molecule has 2 amide bonds. The van der Waals surface area contributed by atoms with E-state index >= 15 is 0 Å². The van der Waals surface area contributed by atoms with Crippen LogP contribution in [-0.4, -0.2) is 36.7 Å². The van der Waals surface area contributed by atoms with Crippen LogP contribution in [0.2, 0.25) is 0 Å². The molecule has 0 unspecified atom stereocenters. The van der Waals surface area contributed by atoms with Gasteiger partial charge in [0, 0.05) is 24.1 Å². The molecule has 0 spiro atoms. The Morgan fingerprint density at radius 3 is 2.63 bits per heavy atom. The third-order valence-electron chi connectivity index (χ3n) is 4.05. The van der Waals surface area contributed by atoms with E-state index in [1.54, 1.807) is 13.0 Å². The Balaban J connectivity index is 1.69. The van der Waals surface area contributed by atoms with Crippen LogP contribution < -0.4 is 15.4 Å². The summed E-state index contributed by atoms with van der Waals surface area (Å²) >= 11 is 0. The molecule has 1 aromatic carbocycles. The van der Waals surface area contributed by atoms with Gasteiger partial charge >= 0.3 is 0 Å². The van der Waals surface area contributed by atoms with Crippen LogP contribution in [-0.2, 0) is 19.6 Å². The van der Waals surface area contributed by atoms with Crippen LogP contribution in [0, 0.1) is 12.8 Å². The maximum atomic E-state index is 12.4. The van der Waals surface area contributed by atoms with Crippen molar-refractivity contribution in [2.75, 3.05) is 16.6 Å². The van der Waals surface area contributed by atoms with Gasteiger partial charge in [0.1, 0.15) is 5.92 Å². The van der Waals surface area contributed by atoms with E-state index in [4.69, 9.17) is 0 Å². The number of carbonyl (C=O) groups excluding carboxylic acids is 2. The number of carbonyl (C=O) groups is 2. The number of nitrogens with one attached hydrogen (secondary N) is 3. The largest absolute Gasteiger partial charge is 0.355 e. The van der Waals surface area contributed by atoms with Crippen molar-refractivity contribution in [1.82, 2.24) is 15.3 Å². The van der Waals surface area contributed by atoms with Crippen LogP contribution in [0.4, 0.5) is 11.6 Å². The zero-order chi connectivity index (χ0) is 19.4. The van der Waals surface area contributed by atoms with E-state index < -0.39 is 21.8 Å². The molecule has 1 fully saturated rings. The first kappa shape index (κ1) is 18.8. The number of hydrogen-bond acceptors (Lipinski definition) is 6. The lowest BCUT2D eigenvalue weighted by molar-refractivity contribution is -0.134. The summed E-state index contributed by atoms with van der Waals surface area (Å²) in [5.41, 5.74) is 1.04. The van der Waals surface area contributed by atoms with Gasteiger partial charge in [-0.05, 0) is 50.1 Å². The minimum absolute atomic E-state index is 0.000939. The number of sulfonamides is 1. The van der Waals surface area contributed by atoms with Crippen LogP contribution in [0.5, 0.6) is 0 Å². The summed E-state index contributed by atoms with van der Waals surface area (Å²) in [6.07, 6.45) is 2.69. The van der Waals surface area contributed by atoms with Crippen LogP contribution >= 0.6 is 0 Å².